The van der Waals surface area contributed by atoms with Crippen molar-refractivity contribution in [3.63, 3.8) is 0 Å². The molecule has 2 aliphatic rings. The number of amides is 2. The first-order chi connectivity index (χ1) is 10.7. The molecule has 2 amide bonds. The van der Waals surface area contributed by atoms with Crippen LogP contribution >= 0.6 is 0 Å². The molecule has 1 saturated carbocycles. The zero-order valence-electron chi connectivity index (χ0n) is 13.0. The monoisotopic (exact) mass is 300 g/mol. The molecule has 3 rings (SSSR count). The van der Waals surface area contributed by atoms with Crippen LogP contribution in [0.4, 0.5) is 0 Å². The Bertz CT molecular complexity index is 550. The molecule has 0 aromatic heterocycles. The minimum absolute atomic E-state index is 0.0152. The third-order valence-corrected chi connectivity index (χ3v) is 4.77. The topological polar surface area (TPSA) is 49.4 Å². The zero-order valence-corrected chi connectivity index (χ0v) is 13.0. The molecule has 1 aromatic carbocycles. The van der Waals surface area contributed by atoms with E-state index in [1.807, 2.05) is 17.0 Å². The summed E-state index contributed by atoms with van der Waals surface area (Å²) in [5.41, 5.74) is 2.52. The van der Waals surface area contributed by atoms with Crippen LogP contribution in [0, 0.1) is 0 Å². The van der Waals surface area contributed by atoms with Crippen molar-refractivity contribution in [1.29, 1.82) is 0 Å². The van der Waals surface area contributed by atoms with E-state index in [9.17, 15) is 9.59 Å². The lowest BCUT2D eigenvalue weighted by Crippen LogP contribution is -2.41. The highest BCUT2D eigenvalue weighted by molar-refractivity contribution is 5.97. The number of nitrogens with one attached hydrogen (secondary N) is 1. The van der Waals surface area contributed by atoms with Crippen molar-refractivity contribution in [3.05, 3.63) is 35.4 Å². The van der Waals surface area contributed by atoms with Gasteiger partial charge < -0.3 is 10.2 Å². The highest BCUT2D eigenvalue weighted by Crippen LogP contribution is 2.20. The number of rotatable bonds is 3. The molecule has 0 unspecified atom stereocenters. The van der Waals surface area contributed by atoms with E-state index in [1.54, 1.807) is 0 Å². The van der Waals surface area contributed by atoms with Crippen LogP contribution in [0.5, 0.6) is 0 Å². The maximum Gasteiger partial charge on any atom is 0.232 e. The molecule has 4 heteroatoms. The van der Waals surface area contributed by atoms with Gasteiger partial charge in [0.05, 0.1) is 0 Å². The first-order valence-electron chi connectivity index (χ1n) is 8.36. The van der Waals surface area contributed by atoms with Crippen LogP contribution in [-0.2, 0) is 22.6 Å². The lowest BCUT2D eigenvalue weighted by atomic mass is 9.95. The Hall–Kier alpha value is -1.84. The fourth-order valence-electron chi connectivity index (χ4n) is 3.48. The van der Waals surface area contributed by atoms with Crippen LogP contribution in [-0.4, -0.2) is 29.3 Å². The minimum Gasteiger partial charge on any atom is -0.353 e. The number of fused-ring (bicyclic) bond motifs is 1. The second-order valence-electron chi connectivity index (χ2n) is 6.41. The molecule has 0 radical (unpaired) electrons. The molecule has 0 bridgehead atoms. The Morgan fingerprint density at radius 2 is 1.82 bits per heavy atom. The lowest BCUT2D eigenvalue weighted by molar-refractivity contribution is -0.137. The molecule has 4 nitrogen and oxygen atoms in total. The van der Waals surface area contributed by atoms with Crippen LogP contribution in [0.25, 0.3) is 0 Å². The number of benzene rings is 1. The lowest BCUT2D eigenvalue weighted by Gasteiger charge is -2.29. The Balaban J connectivity index is 1.51. The molecule has 22 heavy (non-hydrogen) atoms. The molecule has 0 saturated heterocycles. The Labute approximate surface area is 131 Å². The minimum atomic E-state index is -0.115. The molecule has 1 heterocycles. The fourth-order valence-corrected chi connectivity index (χ4v) is 3.48. The summed E-state index contributed by atoms with van der Waals surface area (Å²) in [6.45, 7) is 1.35. The van der Waals surface area contributed by atoms with Crippen LogP contribution in [0.2, 0.25) is 0 Å². The maximum absolute atomic E-state index is 12.3. The summed E-state index contributed by atoms with van der Waals surface area (Å²) in [6, 6.07) is 8.50. The number of hydrogen-bond acceptors (Lipinski definition) is 2. The van der Waals surface area contributed by atoms with Gasteiger partial charge in [-0.25, -0.2) is 0 Å². The highest BCUT2D eigenvalue weighted by Gasteiger charge is 2.23. The van der Waals surface area contributed by atoms with Gasteiger partial charge in [0.1, 0.15) is 6.42 Å². The highest BCUT2D eigenvalue weighted by atomic mass is 16.2. The van der Waals surface area contributed by atoms with Crippen LogP contribution < -0.4 is 5.32 Å². The van der Waals surface area contributed by atoms with E-state index in [-0.39, 0.29) is 24.3 Å². The Kier molecular flexibility index (Phi) is 4.76. The predicted molar refractivity (Wildman–Crippen MR) is 85.2 cm³/mol. The summed E-state index contributed by atoms with van der Waals surface area (Å²) in [7, 11) is 0. The van der Waals surface area contributed by atoms with Gasteiger partial charge in [-0.1, -0.05) is 43.5 Å². The third kappa shape index (κ3) is 3.67. The van der Waals surface area contributed by atoms with E-state index in [0.29, 0.717) is 13.1 Å². The van der Waals surface area contributed by atoms with E-state index in [1.165, 1.54) is 30.4 Å². The fraction of sp³-hybridized carbons (Fsp3) is 0.556. The average molecular weight is 300 g/mol. The van der Waals surface area contributed by atoms with Gasteiger partial charge in [-0.2, -0.15) is 0 Å². The van der Waals surface area contributed by atoms with Crippen molar-refractivity contribution >= 4 is 11.8 Å². The standard InChI is InChI=1S/C18H24N2O2/c21-17(19-16-8-2-1-3-9-16)12-18(22)20-11-10-14-6-4-5-7-15(14)13-20/h4-7,16H,1-3,8-13H2,(H,19,21). The molecule has 1 aromatic rings. The van der Waals surface area contributed by atoms with Crippen molar-refractivity contribution in [2.45, 2.75) is 57.5 Å². The van der Waals surface area contributed by atoms with Crippen molar-refractivity contribution < 1.29 is 9.59 Å². The van der Waals surface area contributed by atoms with E-state index in [4.69, 9.17) is 0 Å². The zero-order chi connectivity index (χ0) is 15.4. The summed E-state index contributed by atoms with van der Waals surface area (Å²) < 4.78 is 0. The second kappa shape index (κ2) is 6.95. The number of hydrogen-bond donors (Lipinski definition) is 1. The quantitative estimate of drug-likeness (QED) is 0.872. The summed E-state index contributed by atoms with van der Waals surface area (Å²) in [5, 5.41) is 3.02. The number of carbonyl (C=O) groups is 2. The molecule has 1 fully saturated rings. The Morgan fingerprint density at radius 1 is 1.09 bits per heavy atom. The third-order valence-electron chi connectivity index (χ3n) is 4.77. The summed E-state index contributed by atoms with van der Waals surface area (Å²) in [6.07, 6.45) is 6.60. The van der Waals surface area contributed by atoms with Gasteiger partial charge in [-0.3, -0.25) is 9.59 Å². The Morgan fingerprint density at radius 3 is 2.59 bits per heavy atom. The van der Waals surface area contributed by atoms with Gasteiger partial charge in [0.25, 0.3) is 0 Å². The van der Waals surface area contributed by atoms with Crippen molar-refractivity contribution in [2.24, 2.45) is 0 Å². The van der Waals surface area contributed by atoms with Crippen molar-refractivity contribution in [3.8, 4) is 0 Å². The molecule has 0 spiro atoms. The van der Waals surface area contributed by atoms with Gasteiger partial charge >= 0.3 is 0 Å². The van der Waals surface area contributed by atoms with Gasteiger partial charge in [0.15, 0.2) is 0 Å². The van der Waals surface area contributed by atoms with Gasteiger partial charge in [-0.05, 0) is 30.4 Å². The SMILES string of the molecule is O=C(CC(=O)N1CCc2ccccc2C1)NC1CCCCC1. The predicted octanol–water partition coefficient (Wildman–Crippen LogP) is 2.41. The first-order valence-corrected chi connectivity index (χ1v) is 8.36. The first kappa shape index (κ1) is 15.1. The summed E-state index contributed by atoms with van der Waals surface area (Å²) in [4.78, 5) is 26.2. The van der Waals surface area contributed by atoms with Gasteiger partial charge in [-0.15, -0.1) is 0 Å². The molecule has 0 atom stereocenters. The van der Waals surface area contributed by atoms with Crippen LogP contribution in [0.15, 0.2) is 24.3 Å². The molecule has 1 N–H and O–H groups in total. The number of carbonyl (C=O) groups excluding carboxylic acids is 2. The van der Waals surface area contributed by atoms with Gasteiger partial charge in [0, 0.05) is 19.1 Å². The molecule has 1 aliphatic heterocycles. The molecular formula is C18H24N2O2. The van der Waals surface area contributed by atoms with Crippen molar-refractivity contribution in [2.75, 3.05) is 6.54 Å². The van der Waals surface area contributed by atoms with E-state index >= 15 is 0 Å². The van der Waals surface area contributed by atoms with Crippen LogP contribution in [0.1, 0.15) is 49.7 Å². The average Bonchev–Trinajstić information content (AvgIpc) is 2.55. The molecule has 118 valence electrons. The van der Waals surface area contributed by atoms with Crippen molar-refractivity contribution in [1.82, 2.24) is 10.2 Å². The van der Waals surface area contributed by atoms with Gasteiger partial charge in [0.2, 0.25) is 11.8 Å². The largest absolute Gasteiger partial charge is 0.353 e. The molecular weight excluding hydrogens is 276 g/mol. The second-order valence-corrected chi connectivity index (χ2v) is 6.41. The van der Waals surface area contributed by atoms with Crippen LogP contribution in [0.3, 0.4) is 0 Å². The summed E-state index contributed by atoms with van der Waals surface area (Å²) >= 11 is 0. The maximum atomic E-state index is 12.3. The van der Waals surface area contributed by atoms with E-state index < -0.39 is 0 Å². The molecule has 1 aliphatic carbocycles. The summed E-state index contributed by atoms with van der Waals surface area (Å²) in [5.74, 6) is -0.168. The smallest absolute Gasteiger partial charge is 0.232 e. The normalized spacial score (nSPS) is 18.6. The number of nitrogens with zero attached hydrogens (tertiary/aromatic N) is 1. The van der Waals surface area contributed by atoms with E-state index in [2.05, 4.69) is 17.4 Å². The van der Waals surface area contributed by atoms with E-state index in [0.717, 1.165) is 19.3 Å².